The van der Waals surface area contributed by atoms with Crippen molar-refractivity contribution in [2.75, 3.05) is 145 Å². The molecular weight excluding hydrogens is 947 g/mol. The molecule has 3 atom stereocenters. The maximum Gasteiger partial charge on any atom is 0.325 e. The van der Waals surface area contributed by atoms with Crippen LogP contribution in [-0.4, -0.2) is 223 Å². The minimum Gasteiger partial charge on any atom is -0.394 e. The lowest BCUT2D eigenvalue weighted by Crippen LogP contribution is -2.54. The summed E-state index contributed by atoms with van der Waals surface area (Å²) in [6.45, 7) is 13.9. The number of aliphatic hydroxyl groups excluding tert-OH is 1. The Morgan fingerprint density at radius 2 is 1.23 bits per heavy atom. The first kappa shape index (κ1) is 67.9. The summed E-state index contributed by atoms with van der Waals surface area (Å²) in [7, 11) is -2.66. The largest absolute Gasteiger partial charge is 0.394 e. The van der Waals surface area contributed by atoms with Gasteiger partial charge in [0.25, 0.3) is 0 Å². The van der Waals surface area contributed by atoms with E-state index in [1.54, 1.807) is 19.6 Å². The zero-order valence-electron chi connectivity index (χ0n) is 41.9. The van der Waals surface area contributed by atoms with E-state index in [-0.39, 0.29) is 57.4 Å². The first-order valence-corrected chi connectivity index (χ1v) is 24.9. The van der Waals surface area contributed by atoms with Crippen molar-refractivity contribution in [2.45, 2.75) is 66.0 Å². The number of H-pyrrole nitrogens is 1. The molecule has 0 bridgehead atoms. The molecule has 1 heterocycles. The van der Waals surface area contributed by atoms with Gasteiger partial charge in [-0.15, -0.1) is 0 Å². The van der Waals surface area contributed by atoms with Crippen molar-refractivity contribution in [2.24, 2.45) is 17.6 Å². The van der Waals surface area contributed by atoms with Gasteiger partial charge in [0.05, 0.1) is 138 Å². The number of nitrogens with two attached hydrogens (primary N) is 1. The van der Waals surface area contributed by atoms with Gasteiger partial charge in [-0.05, 0) is 31.6 Å². The second-order valence-corrected chi connectivity index (χ2v) is 17.4. The van der Waals surface area contributed by atoms with Crippen molar-refractivity contribution in [3.63, 3.8) is 0 Å². The summed E-state index contributed by atoms with van der Waals surface area (Å²) in [6, 6.07) is -2.40. The number of rotatable bonds is 41. The second-order valence-electron chi connectivity index (χ2n) is 15.7. The number of aryl methyl sites for hydroxylation is 1. The topological polar surface area (TPSA) is 360 Å². The number of hydrogen-bond donors (Lipinski definition) is 9. The van der Waals surface area contributed by atoms with Crippen LogP contribution in [0, 0.1) is 18.8 Å². The van der Waals surface area contributed by atoms with Crippen LogP contribution in [0.5, 0.6) is 0 Å². The summed E-state index contributed by atoms with van der Waals surface area (Å²) in [5.74, 6) is -3.70. The Balaban J connectivity index is 0. The Hall–Kier alpha value is -4.18. The lowest BCUT2D eigenvalue weighted by Gasteiger charge is -2.25. The number of imidazole rings is 1. The van der Waals surface area contributed by atoms with Gasteiger partial charge in [0.2, 0.25) is 35.9 Å². The number of ether oxygens (including phenoxy) is 8. The minimum atomic E-state index is -4.29. The zero-order chi connectivity index (χ0) is 52.8. The molecule has 10 N–H and O–H groups in total. The zero-order valence-corrected chi connectivity index (χ0v) is 42.8. The molecular formula is C43H83N8O18P. The van der Waals surface area contributed by atoms with Crippen LogP contribution in [0.2, 0.25) is 0 Å². The third-order valence-electron chi connectivity index (χ3n) is 8.73. The van der Waals surface area contributed by atoms with Crippen molar-refractivity contribution >= 4 is 43.5 Å². The Kier molecular flexibility index (Phi) is 44.5. The van der Waals surface area contributed by atoms with E-state index >= 15 is 0 Å². The van der Waals surface area contributed by atoms with Crippen LogP contribution in [0.3, 0.4) is 0 Å². The fourth-order valence-electron chi connectivity index (χ4n) is 5.48. The van der Waals surface area contributed by atoms with Crippen molar-refractivity contribution in [3.05, 3.63) is 18.2 Å². The molecule has 1 aromatic heterocycles. The summed E-state index contributed by atoms with van der Waals surface area (Å²) in [5, 5.41) is 19.4. The van der Waals surface area contributed by atoms with E-state index in [9.17, 15) is 33.6 Å². The predicted molar refractivity (Wildman–Crippen MR) is 255 cm³/mol. The standard InChI is InChI=1S/C38H74N5O17P.C4H6N2.CH3NO/c1-6-8-43(36(47)7-9-54-12-13-56-16-17-58-20-21-60-23-22-59-19-18-57-15-14-55-11-10-53-5)27-35(46)41-32(24-30(2)3)37(48)40-26-34(45)42-33(28-44)38(49)39-25-31(4)29-61(50,51)52;1-4-2-5-3-6-4;2-1-3/h30-33,44H,6-29H2,1-5H3,(H,39,49)(H,40,48)(H,41,46)(H,42,45)(H2,50,51,52);2-3H,1H3,(H,5,6);1H,(H2,2,3). The first-order valence-electron chi connectivity index (χ1n) is 23.1. The van der Waals surface area contributed by atoms with Crippen LogP contribution in [0.1, 0.15) is 52.7 Å². The number of aromatic amines is 1. The molecule has 0 aliphatic carbocycles. The Labute approximate surface area is 411 Å². The van der Waals surface area contributed by atoms with Gasteiger partial charge in [0, 0.05) is 32.1 Å². The molecule has 3 unspecified atom stereocenters. The highest BCUT2D eigenvalue weighted by molar-refractivity contribution is 7.51. The van der Waals surface area contributed by atoms with E-state index < -0.39 is 68.5 Å². The molecule has 0 aliphatic heterocycles. The van der Waals surface area contributed by atoms with Crippen LogP contribution in [0.4, 0.5) is 0 Å². The number of carbonyl (C=O) groups is 6. The van der Waals surface area contributed by atoms with Crippen molar-refractivity contribution in [1.82, 2.24) is 36.1 Å². The van der Waals surface area contributed by atoms with Gasteiger partial charge in [0.1, 0.15) is 12.1 Å². The van der Waals surface area contributed by atoms with Crippen LogP contribution in [0.25, 0.3) is 0 Å². The summed E-state index contributed by atoms with van der Waals surface area (Å²) in [5.41, 5.74) is 5.27. The number of primary amides is 1. The van der Waals surface area contributed by atoms with Crippen molar-refractivity contribution in [3.8, 4) is 0 Å². The molecule has 0 saturated carbocycles. The number of aromatic nitrogens is 2. The Morgan fingerprint density at radius 1 is 0.771 bits per heavy atom. The molecule has 408 valence electrons. The molecule has 6 amide bonds. The number of nitrogens with one attached hydrogen (secondary N) is 5. The number of methoxy groups -OCH3 is 1. The maximum atomic E-state index is 13.0. The molecule has 0 saturated heterocycles. The molecule has 1 rings (SSSR count). The first-order chi connectivity index (χ1) is 33.4. The van der Waals surface area contributed by atoms with Gasteiger partial charge in [-0.25, -0.2) is 4.98 Å². The molecule has 1 aromatic rings. The highest BCUT2D eigenvalue weighted by Gasteiger charge is 2.26. The quantitative estimate of drug-likeness (QED) is 0.0200. The molecule has 0 radical (unpaired) electrons. The number of nitrogens with zero attached hydrogens (tertiary/aromatic N) is 2. The monoisotopic (exact) mass is 1030 g/mol. The Morgan fingerprint density at radius 3 is 1.61 bits per heavy atom. The molecule has 70 heavy (non-hydrogen) atoms. The van der Waals surface area contributed by atoms with Gasteiger partial charge >= 0.3 is 7.60 Å². The van der Waals surface area contributed by atoms with Gasteiger partial charge in [-0.2, -0.15) is 0 Å². The third-order valence-corrected chi connectivity index (χ3v) is 9.83. The van der Waals surface area contributed by atoms with E-state index in [4.69, 9.17) is 52.5 Å². The molecule has 0 aliphatic rings. The van der Waals surface area contributed by atoms with Gasteiger partial charge in [-0.3, -0.25) is 33.3 Å². The van der Waals surface area contributed by atoms with Crippen LogP contribution >= 0.6 is 7.60 Å². The summed E-state index contributed by atoms with van der Waals surface area (Å²) >= 11 is 0. The number of hydrogen-bond acceptors (Lipinski definition) is 17. The molecule has 27 heteroatoms. The summed E-state index contributed by atoms with van der Waals surface area (Å²) < 4.78 is 54.1. The van der Waals surface area contributed by atoms with Gasteiger partial charge in [-0.1, -0.05) is 27.7 Å². The number of aliphatic hydroxyl groups is 1. The fraction of sp³-hybridized carbons (Fsp3) is 0.791. The van der Waals surface area contributed by atoms with E-state index in [2.05, 4.69) is 37.0 Å². The average molecular weight is 1030 g/mol. The average Bonchev–Trinajstić information content (AvgIpc) is 3.79. The normalized spacial score (nSPS) is 12.3. The van der Waals surface area contributed by atoms with Crippen LogP contribution in [-0.2, 0) is 71.2 Å². The highest BCUT2D eigenvalue weighted by atomic mass is 31.2. The van der Waals surface area contributed by atoms with Crippen molar-refractivity contribution < 1.29 is 86.1 Å². The summed E-state index contributed by atoms with van der Waals surface area (Å²) in [6.07, 6.45) is 4.08. The smallest absolute Gasteiger partial charge is 0.325 e. The van der Waals surface area contributed by atoms with E-state index in [0.29, 0.717) is 98.9 Å². The minimum absolute atomic E-state index is 0.0289. The molecule has 0 aromatic carbocycles. The van der Waals surface area contributed by atoms with Crippen LogP contribution < -0.4 is 27.0 Å². The second kappa shape index (κ2) is 45.9. The molecule has 26 nitrogen and oxygen atoms in total. The lowest BCUT2D eigenvalue weighted by molar-refractivity contribution is -0.138. The fourth-order valence-corrected chi connectivity index (χ4v) is 6.42. The molecule has 0 fully saturated rings. The van der Waals surface area contributed by atoms with Gasteiger partial charge in [0.15, 0.2) is 0 Å². The Bertz CT molecular complexity index is 1530. The highest BCUT2D eigenvalue weighted by Crippen LogP contribution is 2.36. The maximum absolute atomic E-state index is 13.0. The van der Waals surface area contributed by atoms with Crippen LogP contribution in [0.15, 0.2) is 12.5 Å². The number of amides is 6. The van der Waals surface area contributed by atoms with Crippen molar-refractivity contribution in [1.29, 1.82) is 0 Å². The predicted octanol–water partition coefficient (Wildman–Crippen LogP) is -1.75. The van der Waals surface area contributed by atoms with Gasteiger partial charge < -0.3 is 89.7 Å². The number of carbonyl (C=O) groups excluding carboxylic acids is 6. The third kappa shape index (κ3) is 43.8. The SMILES string of the molecule is CCCN(CC(=O)NC(CC(C)C)C(=O)NCC(=O)NC(CO)C(=O)NCC(C)CP(=O)(O)O)C(=O)CCOCCOCCOCCOCCOCCOCCOCCOC.Cc1cnc[nH]1.NC=O. The molecule has 0 spiro atoms. The summed E-state index contributed by atoms with van der Waals surface area (Å²) in [4.78, 5) is 98.7. The lowest BCUT2D eigenvalue weighted by atomic mass is 10.0. The van der Waals surface area contributed by atoms with E-state index in [1.165, 1.54) is 11.8 Å². The van der Waals surface area contributed by atoms with E-state index in [0.717, 1.165) is 5.69 Å². The van der Waals surface area contributed by atoms with E-state index in [1.807, 2.05) is 27.7 Å².